The van der Waals surface area contributed by atoms with Crippen LogP contribution in [0.1, 0.15) is 0 Å². The summed E-state index contributed by atoms with van der Waals surface area (Å²) in [5, 5.41) is 8.02. The van der Waals surface area contributed by atoms with Crippen LogP contribution in [0.3, 0.4) is 0 Å². The van der Waals surface area contributed by atoms with Crippen LogP contribution in [0.2, 0.25) is 19.6 Å². The minimum absolute atomic E-state index is 1.20. The van der Waals surface area contributed by atoms with Crippen molar-refractivity contribution in [1.82, 2.24) is 0 Å². The third kappa shape index (κ3) is 5.67. The molecule has 3 heteroatoms. The lowest BCUT2D eigenvalue weighted by Crippen LogP contribution is -2.23. The van der Waals surface area contributed by atoms with Crippen molar-refractivity contribution in [2.24, 2.45) is 0 Å². The molecule has 0 aromatic rings. The van der Waals surface area contributed by atoms with Gasteiger partial charge in [0, 0.05) is 0 Å². The molecular weight excluding hydrogens is 118 g/mol. The molecule has 0 fully saturated rings. The standard InChI is InChI=1S/C5H10NOSi/c1-8(2,3)7-5-4-6/h5H,1-3H3. The Bertz CT molecular complexity index is 100.0. The molecule has 0 spiro atoms. The summed E-state index contributed by atoms with van der Waals surface area (Å²) in [7, 11) is -1.46. The summed E-state index contributed by atoms with van der Waals surface area (Å²) in [5.74, 6) is 0. The van der Waals surface area contributed by atoms with Gasteiger partial charge in [0.25, 0.3) is 0 Å². The fraction of sp³-hybridized carbons (Fsp3) is 0.600. The molecular formula is C5H10NOSi. The lowest BCUT2D eigenvalue weighted by Gasteiger charge is -2.12. The van der Waals surface area contributed by atoms with E-state index in [0.29, 0.717) is 0 Å². The Kier molecular flexibility index (Phi) is 2.73. The lowest BCUT2D eigenvalue weighted by molar-refractivity contribution is 0.435. The van der Waals surface area contributed by atoms with Crippen molar-refractivity contribution in [3.8, 4) is 6.07 Å². The smallest absolute Gasteiger partial charge is 0.185 e. The van der Waals surface area contributed by atoms with Gasteiger partial charge in [0.1, 0.15) is 0 Å². The van der Waals surface area contributed by atoms with Crippen LogP contribution in [-0.4, -0.2) is 8.32 Å². The number of rotatable bonds is 2. The highest BCUT2D eigenvalue weighted by atomic mass is 28.4. The molecule has 0 aromatic heterocycles. The minimum atomic E-state index is -1.46. The average molecular weight is 128 g/mol. The zero-order valence-electron chi connectivity index (χ0n) is 5.43. The minimum Gasteiger partial charge on any atom is -0.399 e. The fourth-order valence-corrected chi connectivity index (χ4v) is 0.609. The SMILES string of the molecule is C[Si](C)(C)O[CH]C#N. The van der Waals surface area contributed by atoms with Crippen molar-refractivity contribution < 1.29 is 4.43 Å². The van der Waals surface area contributed by atoms with Gasteiger partial charge < -0.3 is 4.43 Å². The predicted molar refractivity (Wildman–Crippen MR) is 34.3 cm³/mol. The highest BCUT2D eigenvalue weighted by Crippen LogP contribution is 2.02. The number of hydrogen-bond acceptors (Lipinski definition) is 2. The predicted octanol–water partition coefficient (Wildman–Crippen LogP) is 1.52. The Hall–Kier alpha value is -0.333. The highest BCUT2D eigenvalue weighted by molar-refractivity contribution is 6.69. The Morgan fingerprint density at radius 1 is 1.50 bits per heavy atom. The molecule has 0 rings (SSSR count). The van der Waals surface area contributed by atoms with E-state index in [1.165, 1.54) is 6.61 Å². The van der Waals surface area contributed by atoms with Crippen molar-refractivity contribution >= 4 is 8.32 Å². The van der Waals surface area contributed by atoms with Crippen LogP contribution in [0, 0.1) is 17.9 Å². The quantitative estimate of drug-likeness (QED) is 0.528. The molecule has 0 amide bonds. The van der Waals surface area contributed by atoms with Crippen LogP contribution in [0.4, 0.5) is 0 Å². The maximum Gasteiger partial charge on any atom is 0.185 e. The molecule has 0 unspecified atom stereocenters. The summed E-state index contributed by atoms with van der Waals surface area (Å²) in [5.41, 5.74) is 0. The second-order valence-electron chi connectivity index (χ2n) is 2.48. The van der Waals surface area contributed by atoms with Crippen LogP contribution in [0.5, 0.6) is 0 Å². The summed E-state index contributed by atoms with van der Waals surface area (Å²) in [6.45, 7) is 7.29. The maximum absolute atomic E-state index is 8.02. The molecule has 0 aliphatic rings. The molecule has 8 heavy (non-hydrogen) atoms. The van der Waals surface area contributed by atoms with E-state index in [2.05, 4.69) is 0 Å². The van der Waals surface area contributed by atoms with E-state index in [1.54, 1.807) is 0 Å². The molecule has 0 saturated carbocycles. The van der Waals surface area contributed by atoms with E-state index in [0.717, 1.165) is 0 Å². The van der Waals surface area contributed by atoms with Crippen molar-refractivity contribution in [2.45, 2.75) is 19.6 Å². The van der Waals surface area contributed by atoms with Gasteiger partial charge in [0.15, 0.2) is 14.9 Å². The fourth-order valence-electron chi connectivity index (χ4n) is 0.203. The van der Waals surface area contributed by atoms with Gasteiger partial charge >= 0.3 is 0 Å². The van der Waals surface area contributed by atoms with Crippen molar-refractivity contribution in [3.63, 3.8) is 0 Å². The molecule has 0 N–H and O–H groups in total. The summed E-state index contributed by atoms with van der Waals surface area (Å²) in [4.78, 5) is 0. The monoisotopic (exact) mass is 128 g/mol. The third-order valence-corrected chi connectivity index (χ3v) is 1.29. The van der Waals surface area contributed by atoms with Gasteiger partial charge in [0.05, 0.1) is 6.07 Å². The van der Waals surface area contributed by atoms with Gasteiger partial charge in [-0.1, -0.05) is 0 Å². The van der Waals surface area contributed by atoms with E-state index in [4.69, 9.17) is 9.69 Å². The lowest BCUT2D eigenvalue weighted by atomic mass is 10.9. The average Bonchev–Trinajstić information content (AvgIpc) is 1.59. The molecule has 1 radical (unpaired) electrons. The van der Waals surface area contributed by atoms with Gasteiger partial charge in [-0.2, -0.15) is 5.26 Å². The zero-order valence-corrected chi connectivity index (χ0v) is 6.43. The third-order valence-electron chi connectivity index (χ3n) is 0.465. The molecule has 0 aliphatic carbocycles. The number of nitrogens with zero attached hydrogens (tertiary/aromatic N) is 1. The van der Waals surface area contributed by atoms with Crippen LogP contribution in [0.15, 0.2) is 0 Å². The normalized spacial score (nSPS) is 10.8. The zero-order chi connectivity index (χ0) is 6.62. The molecule has 0 aromatic carbocycles. The second kappa shape index (κ2) is 2.85. The van der Waals surface area contributed by atoms with Gasteiger partial charge in [-0.05, 0) is 19.6 Å². The second-order valence-corrected chi connectivity index (χ2v) is 6.94. The topological polar surface area (TPSA) is 33.0 Å². The van der Waals surface area contributed by atoms with Gasteiger partial charge in [-0.3, -0.25) is 0 Å². The van der Waals surface area contributed by atoms with E-state index in [1.807, 2.05) is 25.7 Å². The summed E-state index contributed by atoms with van der Waals surface area (Å²) in [6.07, 6.45) is 0. The largest absolute Gasteiger partial charge is 0.399 e. The first-order chi connectivity index (χ1) is 3.56. The van der Waals surface area contributed by atoms with E-state index >= 15 is 0 Å². The molecule has 0 aliphatic heterocycles. The Morgan fingerprint density at radius 3 is 2.12 bits per heavy atom. The first kappa shape index (κ1) is 7.67. The first-order valence-corrected chi connectivity index (χ1v) is 5.86. The van der Waals surface area contributed by atoms with E-state index < -0.39 is 8.32 Å². The molecule has 2 nitrogen and oxygen atoms in total. The van der Waals surface area contributed by atoms with Crippen LogP contribution in [0.25, 0.3) is 0 Å². The van der Waals surface area contributed by atoms with Crippen molar-refractivity contribution in [1.29, 1.82) is 5.26 Å². The Labute approximate surface area is 51.2 Å². The Balaban J connectivity index is 3.28. The van der Waals surface area contributed by atoms with Gasteiger partial charge in [0.2, 0.25) is 0 Å². The summed E-state index contributed by atoms with van der Waals surface area (Å²) in [6, 6.07) is 1.81. The molecule has 0 saturated heterocycles. The number of nitriles is 1. The van der Waals surface area contributed by atoms with Gasteiger partial charge in [-0.15, -0.1) is 0 Å². The molecule has 0 atom stereocenters. The van der Waals surface area contributed by atoms with Crippen molar-refractivity contribution in [2.75, 3.05) is 0 Å². The van der Waals surface area contributed by atoms with Gasteiger partial charge in [-0.25, -0.2) is 0 Å². The van der Waals surface area contributed by atoms with Crippen LogP contribution < -0.4 is 0 Å². The maximum atomic E-state index is 8.02. The molecule has 0 bridgehead atoms. The summed E-state index contributed by atoms with van der Waals surface area (Å²) < 4.78 is 5.03. The number of hydrogen-bond donors (Lipinski definition) is 0. The van der Waals surface area contributed by atoms with E-state index in [9.17, 15) is 0 Å². The molecule has 0 heterocycles. The first-order valence-electron chi connectivity index (χ1n) is 2.45. The summed E-state index contributed by atoms with van der Waals surface area (Å²) >= 11 is 0. The Morgan fingerprint density at radius 2 is 2.00 bits per heavy atom. The molecule has 45 valence electrons. The van der Waals surface area contributed by atoms with Crippen LogP contribution in [-0.2, 0) is 4.43 Å². The van der Waals surface area contributed by atoms with Crippen LogP contribution >= 0.6 is 0 Å². The highest BCUT2D eigenvalue weighted by Gasteiger charge is 2.12. The van der Waals surface area contributed by atoms with E-state index in [-0.39, 0.29) is 0 Å². The van der Waals surface area contributed by atoms with Crippen molar-refractivity contribution in [3.05, 3.63) is 6.61 Å².